The van der Waals surface area contributed by atoms with Crippen molar-refractivity contribution in [3.63, 3.8) is 0 Å². The first-order valence-electron chi connectivity index (χ1n) is 5.57. The van der Waals surface area contributed by atoms with Crippen LogP contribution in [0.4, 0.5) is 17.6 Å². The molecule has 110 valence electrons. The SMILES string of the molecule is Fc1cccc(Cl)c1Cc1nn2c(C(F)(F)F)nnc2s1. The van der Waals surface area contributed by atoms with Crippen molar-refractivity contribution in [3.8, 4) is 0 Å². The van der Waals surface area contributed by atoms with Crippen LogP contribution in [0, 0.1) is 5.82 Å². The van der Waals surface area contributed by atoms with Crippen molar-refractivity contribution in [2.45, 2.75) is 12.6 Å². The Hall–Kier alpha value is -1.74. The van der Waals surface area contributed by atoms with E-state index in [-0.39, 0.29) is 27.0 Å². The zero-order valence-corrected chi connectivity index (χ0v) is 11.6. The molecule has 3 rings (SSSR count). The number of hydrogen-bond acceptors (Lipinski definition) is 4. The van der Waals surface area contributed by atoms with Gasteiger partial charge in [-0.3, -0.25) is 0 Å². The average Bonchev–Trinajstić information content (AvgIpc) is 2.91. The zero-order valence-electron chi connectivity index (χ0n) is 10.0. The summed E-state index contributed by atoms with van der Waals surface area (Å²) in [6.45, 7) is 0. The van der Waals surface area contributed by atoms with Gasteiger partial charge in [-0.1, -0.05) is 29.0 Å². The van der Waals surface area contributed by atoms with Gasteiger partial charge in [-0.05, 0) is 12.1 Å². The van der Waals surface area contributed by atoms with Gasteiger partial charge in [-0.15, -0.1) is 10.2 Å². The monoisotopic (exact) mass is 336 g/mol. The van der Waals surface area contributed by atoms with Crippen LogP contribution in [0.2, 0.25) is 5.02 Å². The molecule has 2 heterocycles. The lowest BCUT2D eigenvalue weighted by Gasteiger charge is -2.03. The third-order valence-electron chi connectivity index (χ3n) is 2.68. The fourth-order valence-corrected chi connectivity index (χ4v) is 2.83. The summed E-state index contributed by atoms with van der Waals surface area (Å²) in [6.07, 6.45) is -4.67. The molecule has 0 radical (unpaired) electrons. The summed E-state index contributed by atoms with van der Waals surface area (Å²) < 4.78 is 52.3. The lowest BCUT2D eigenvalue weighted by molar-refractivity contribution is -0.146. The molecule has 4 nitrogen and oxygen atoms in total. The quantitative estimate of drug-likeness (QED) is 0.672. The van der Waals surface area contributed by atoms with Crippen molar-refractivity contribution in [1.82, 2.24) is 19.8 Å². The molecule has 21 heavy (non-hydrogen) atoms. The van der Waals surface area contributed by atoms with Gasteiger partial charge >= 0.3 is 6.18 Å². The number of alkyl halides is 3. The maximum atomic E-state index is 13.7. The third kappa shape index (κ3) is 2.58. The van der Waals surface area contributed by atoms with Crippen LogP contribution < -0.4 is 0 Å². The van der Waals surface area contributed by atoms with Crippen molar-refractivity contribution >= 4 is 27.9 Å². The molecule has 0 amide bonds. The van der Waals surface area contributed by atoms with E-state index in [1.54, 1.807) is 0 Å². The minimum Gasteiger partial charge on any atom is -0.207 e. The van der Waals surface area contributed by atoms with Crippen LogP contribution in [0.25, 0.3) is 4.96 Å². The predicted molar refractivity (Wildman–Crippen MR) is 67.9 cm³/mol. The van der Waals surface area contributed by atoms with E-state index < -0.39 is 17.8 Å². The minimum absolute atomic E-state index is 0.00946. The largest absolute Gasteiger partial charge is 0.453 e. The first-order chi connectivity index (χ1) is 9.86. The molecule has 0 aliphatic carbocycles. The number of fused-ring (bicyclic) bond motifs is 1. The summed E-state index contributed by atoms with van der Waals surface area (Å²) in [5.74, 6) is -1.75. The number of benzene rings is 1. The van der Waals surface area contributed by atoms with E-state index >= 15 is 0 Å². The Morgan fingerprint density at radius 3 is 2.67 bits per heavy atom. The maximum Gasteiger partial charge on any atom is 0.453 e. The molecule has 0 atom stereocenters. The Morgan fingerprint density at radius 2 is 2.00 bits per heavy atom. The molecule has 0 spiro atoms. The second-order valence-electron chi connectivity index (χ2n) is 4.09. The topological polar surface area (TPSA) is 43.1 Å². The summed E-state index contributed by atoms with van der Waals surface area (Å²) in [7, 11) is 0. The highest BCUT2D eigenvalue weighted by molar-refractivity contribution is 7.16. The fourth-order valence-electron chi connectivity index (χ4n) is 1.76. The van der Waals surface area contributed by atoms with Crippen LogP contribution in [-0.4, -0.2) is 19.8 Å². The molecule has 3 aromatic rings. The Bertz CT molecular complexity index is 790. The molecule has 1 aromatic carbocycles. The van der Waals surface area contributed by atoms with Gasteiger partial charge in [0.05, 0.1) is 0 Å². The molecular weight excluding hydrogens is 332 g/mol. The molecule has 0 unspecified atom stereocenters. The van der Waals surface area contributed by atoms with Crippen LogP contribution in [0.15, 0.2) is 18.2 Å². The average molecular weight is 337 g/mol. The van der Waals surface area contributed by atoms with Gasteiger partial charge in [0.2, 0.25) is 4.96 Å². The second kappa shape index (κ2) is 4.92. The smallest absolute Gasteiger partial charge is 0.207 e. The Morgan fingerprint density at radius 1 is 1.24 bits per heavy atom. The van der Waals surface area contributed by atoms with Gasteiger partial charge < -0.3 is 0 Å². The molecule has 0 bridgehead atoms. The summed E-state index contributed by atoms with van der Waals surface area (Å²) in [5, 5.41) is 10.7. The summed E-state index contributed by atoms with van der Waals surface area (Å²) in [5.41, 5.74) is 0.178. The van der Waals surface area contributed by atoms with Crippen LogP contribution in [0.3, 0.4) is 0 Å². The van der Waals surface area contributed by atoms with Gasteiger partial charge in [-0.2, -0.15) is 22.8 Å². The lowest BCUT2D eigenvalue weighted by Crippen LogP contribution is -2.11. The maximum absolute atomic E-state index is 13.7. The second-order valence-corrected chi connectivity index (χ2v) is 5.54. The van der Waals surface area contributed by atoms with Gasteiger partial charge in [-0.25, -0.2) is 4.39 Å². The summed E-state index contributed by atoms with van der Waals surface area (Å²) in [6, 6.07) is 4.17. The first-order valence-corrected chi connectivity index (χ1v) is 6.77. The van der Waals surface area contributed by atoms with Crippen molar-refractivity contribution in [3.05, 3.63) is 45.4 Å². The van der Waals surface area contributed by atoms with Gasteiger partial charge in [0.25, 0.3) is 5.82 Å². The third-order valence-corrected chi connectivity index (χ3v) is 3.93. The number of hydrogen-bond donors (Lipinski definition) is 0. The van der Waals surface area contributed by atoms with Crippen LogP contribution in [-0.2, 0) is 12.6 Å². The summed E-state index contributed by atoms with van der Waals surface area (Å²) in [4.78, 5) is -0.00946. The molecule has 0 fully saturated rings. The molecule has 0 aliphatic heterocycles. The number of rotatable bonds is 2. The van der Waals surface area contributed by atoms with Gasteiger partial charge in [0.1, 0.15) is 10.8 Å². The van der Waals surface area contributed by atoms with Gasteiger partial charge in [0, 0.05) is 17.0 Å². The highest BCUT2D eigenvalue weighted by Gasteiger charge is 2.38. The highest BCUT2D eigenvalue weighted by atomic mass is 35.5. The van der Waals surface area contributed by atoms with Crippen molar-refractivity contribution in [1.29, 1.82) is 0 Å². The van der Waals surface area contributed by atoms with Crippen LogP contribution in [0.1, 0.15) is 16.4 Å². The van der Waals surface area contributed by atoms with Crippen LogP contribution in [0.5, 0.6) is 0 Å². The van der Waals surface area contributed by atoms with E-state index in [1.807, 2.05) is 0 Å². The molecule has 2 aromatic heterocycles. The number of halogens is 5. The van der Waals surface area contributed by atoms with Crippen molar-refractivity contribution in [2.24, 2.45) is 0 Å². The van der Waals surface area contributed by atoms with E-state index in [9.17, 15) is 17.6 Å². The Balaban J connectivity index is 2.01. The standard InChI is InChI=1S/C11H5ClF4N4S/c12-6-2-1-3-7(13)5(6)4-8-19-20-9(11(14,15)16)17-18-10(20)21-8/h1-3H,4H2. The van der Waals surface area contributed by atoms with Crippen molar-refractivity contribution in [2.75, 3.05) is 0 Å². The summed E-state index contributed by atoms with van der Waals surface area (Å²) >= 11 is 6.78. The van der Waals surface area contributed by atoms with E-state index in [0.717, 1.165) is 11.3 Å². The fraction of sp³-hybridized carbons (Fsp3) is 0.182. The zero-order chi connectivity index (χ0) is 15.2. The molecule has 0 aliphatic rings. The van der Waals surface area contributed by atoms with Gasteiger partial charge in [0.15, 0.2) is 0 Å². The van der Waals surface area contributed by atoms with E-state index in [4.69, 9.17) is 11.6 Å². The molecule has 0 N–H and O–H groups in total. The minimum atomic E-state index is -4.65. The lowest BCUT2D eigenvalue weighted by atomic mass is 10.1. The Kier molecular flexibility index (Phi) is 3.33. The number of aromatic nitrogens is 4. The molecule has 0 saturated heterocycles. The van der Waals surface area contributed by atoms with E-state index in [2.05, 4.69) is 15.3 Å². The van der Waals surface area contributed by atoms with E-state index in [1.165, 1.54) is 18.2 Å². The van der Waals surface area contributed by atoms with E-state index in [0.29, 0.717) is 4.52 Å². The molecular formula is C11H5ClF4N4S. The molecule has 0 saturated carbocycles. The molecule has 10 heteroatoms. The number of nitrogens with zero attached hydrogens (tertiary/aromatic N) is 4. The van der Waals surface area contributed by atoms with Crippen LogP contribution >= 0.6 is 22.9 Å². The Labute approximate surface area is 124 Å². The normalized spacial score (nSPS) is 12.2. The first kappa shape index (κ1) is 14.2. The highest BCUT2D eigenvalue weighted by Crippen LogP contribution is 2.30. The predicted octanol–water partition coefficient (Wildman–Crippen LogP) is 3.59. The van der Waals surface area contributed by atoms with Crippen molar-refractivity contribution < 1.29 is 17.6 Å².